The van der Waals surface area contributed by atoms with E-state index in [2.05, 4.69) is 61.5 Å². The van der Waals surface area contributed by atoms with Crippen molar-refractivity contribution in [1.82, 2.24) is 29.8 Å². The van der Waals surface area contributed by atoms with Gasteiger partial charge in [0.15, 0.2) is 5.82 Å². The van der Waals surface area contributed by atoms with E-state index in [4.69, 9.17) is 14.7 Å². The molecule has 2 aromatic carbocycles. The maximum atomic E-state index is 12.7. The number of sulfonamides is 1. The lowest BCUT2D eigenvalue weighted by atomic mass is 10.1. The number of likely N-dealkylation sites (N-methyl/N-ethyl adjacent to an activating group) is 1. The first-order valence-electron chi connectivity index (χ1n) is 14.4. The largest absolute Gasteiger partial charge is 0.494 e. The Balaban J connectivity index is 1.40. The van der Waals surface area contributed by atoms with E-state index in [-0.39, 0.29) is 0 Å². The van der Waals surface area contributed by atoms with Crippen molar-refractivity contribution in [2.75, 3.05) is 73.5 Å². The summed E-state index contributed by atoms with van der Waals surface area (Å²) in [5.74, 6) is 1.50. The van der Waals surface area contributed by atoms with Crippen LogP contribution in [0.25, 0.3) is 22.1 Å². The highest BCUT2D eigenvalue weighted by molar-refractivity contribution is 7.92. The average molecular weight is 617 g/mol. The lowest BCUT2D eigenvalue weighted by Crippen LogP contribution is -2.44. The molecule has 0 spiro atoms. The number of piperazine rings is 1. The van der Waals surface area contributed by atoms with Gasteiger partial charge in [-0.1, -0.05) is 6.92 Å². The van der Waals surface area contributed by atoms with Crippen LogP contribution in [0.4, 0.5) is 34.5 Å². The van der Waals surface area contributed by atoms with Crippen LogP contribution in [0.2, 0.25) is 0 Å². The number of H-pyrrole nitrogens is 1. The maximum absolute atomic E-state index is 12.7. The summed E-state index contributed by atoms with van der Waals surface area (Å²) in [6.07, 6.45) is 6.89. The summed E-state index contributed by atoms with van der Waals surface area (Å²) in [7, 11) is 1.68. The standard InChI is InChI=1S/C30H36N10O3S/c1-6-19-17-23(25(43-4)18-24(19)40-15-13-38(2)14-16-40)36-30-35-21-9-10-32-27(21)29(37-30)34-22-8-7-20-26(33-12-11-31-20)28(22)39(3)44(5,41)42/h7-12,17-18,32H,6,13-16H2,1-5H3,(H2,34,35,36,37). The second-order valence-electron chi connectivity index (χ2n) is 10.8. The van der Waals surface area contributed by atoms with Gasteiger partial charge in [-0.15, -0.1) is 0 Å². The summed E-state index contributed by atoms with van der Waals surface area (Å²) in [5.41, 5.74) is 6.33. The highest BCUT2D eigenvalue weighted by atomic mass is 32.2. The van der Waals surface area contributed by atoms with Crippen LogP contribution in [-0.2, 0) is 16.4 Å². The van der Waals surface area contributed by atoms with E-state index in [1.807, 2.05) is 6.07 Å². The number of rotatable bonds is 9. The van der Waals surface area contributed by atoms with Crippen LogP contribution in [0.1, 0.15) is 12.5 Å². The number of nitrogens with zero attached hydrogens (tertiary/aromatic N) is 7. The molecule has 230 valence electrons. The Bertz CT molecular complexity index is 1940. The second kappa shape index (κ2) is 11.8. The highest BCUT2D eigenvalue weighted by Gasteiger charge is 2.23. The first-order chi connectivity index (χ1) is 21.2. The summed E-state index contributed by atoms with van der Waals surface area (Å²) >= 11 is 0. The van der Waals surface area contributed by atoms with Crippen LogP contribution in [-0.4, -0.2) is 91.9 Å². The van der Waals surface area contributed by atoms with Crippen molar-refractivity contribution in [3.05, 3.63) is 54.5 Å². The molecule has 0 unspecified atom stereocenters. The zero-order valence-electron chi connectivity index (χ0n) is 25.4. The van der Waals surface area contributed by atoms with Gasteiger partial charge < -0.3 is 30.2 Å². The monoisotopic (exact) mass is 616 g/mol. The van der Waals surface area contributed by atoms with Gasteiger partial charge in [-0.25, -0.2) is 13.4 Å². The van der Waals surface area contributed by atoms with Crippen molar-refractivity contribution >= 4 is 66.6 Å². The second-order valence-corrected chi connectivity index (χ2v) is 12.8. The number of aromatic nitrogens is 5. The average Bonchev–Trinajstić information content (AvgIpc) is 3.49. The number of nitrogens with one attached hydrogen (secondary N) is 3. The zero-order chi connectivity index (χ0) is 31.0. The molecule has 0 bridgehead atoms. The van der Waals surface area contributed by atoms with Crippen molar-refractivity contribution in [2.45, 2.75) is 13.3 Å². The molecule has 1 fully saturated rings. The number of aromatic amines is 1. The molecule has 1 aliphatic heterocycles. The topological polar surface area (TPSA) is 144 Å². The third-order valence-corrected chi connectivity index (χ3v) is 9.13. The van der Waals surface area contributed by atoms with Crippen LogP contribution in [0.15, 0.2) is 48.9 Å². The third-order valence-electron chi connectivity index (χ3n) is 7.96. The first kappa shape index (κ1) is 29.4. The quantitative estimate of drug-likeness (QED) is 0.220. The first-order valence-corrected chi connectivity index (χ1v) is 16.2. The predicted octanol–water partition coefficient (Wildman–Crippen LogP) is 4.11. The van der Waals surface area contributed by atoms with Crippen LogP contribution < -0.4 is 24.6 Å². The fourth-order valence-corrected chi connectivity index (χ4v) is 5.97. The number of benzene rings is 2. The van der Waals surface area contributed by atoms with Gasteiger partial charge in [-0.3, -0.25) is 14.3 Å². The van der Waals surface area contributed by atoms with Gasteiger partial charge in [0.05, 0.1) is 35.8 Å². The van der Waals surface area contributed by atoms with Crippen molar-refractivity contribution in [2.24, 2.45) is 0 Å². The van der Waals surface area contributed by atoms with Gasteiger partial charge in [0.2, 0.25) is 16.0 Å². The molecule has 0 aliphatic carbocycles. The molecule has 0 atom stereocenters. The van der Waals surface area contributed by atoms with Crippen molar-refractivity contribution < 1.29 is 13.2 Å². The highest BCUT2D eigenvalue weighted by Crippen LogP contribution is 2.38. The SMILES string of the molecule is CCc1cc(Nc2nc(Nc3ccc4nccnc4c3N(C)S(C)(=O)=O)c3[nH]ccc3n2)c(OC)cc1N1CCN(C)CC1. The summed E-state index contributed by atoms with van der Waals surface area (Å²) in [6.45, 7) is 6.08. The molecule has 1 aliphatic rings. The molecule has 3 aromatic heterocycles. The molecule has 0 radical (unpaired) electrons. The Morgan fingerprint density at radius 1 is 1.00 bits per heavy atom. The molecule has 4 heterocycles. The van der Waals surface area contributed by atoms with Gasteiger partial charge in [0, 0.05) is 63.6 Å². The fraction of sp³-hybridized carbons (Fsp3) is 0.333. The molecule has 0 amide bonds. The summed E-state index contributed by atoms with van der Waals surface area (Å²) in [6, 6.07) is 9.60. The fourth-order valence-electron chi connectivity index (χ4n) is 5.45. The van der Waals surface area contributed by atoms with Gasteiger partial charge >= 0.3 is 0 Å². The van der Waals surface area contributed by atoms with E-state index in [1.165, 1.54) is 28.8 Å². The summed E-state index contributed by atoms with van der Waals surface area (Å²) in [5, 5.41) is 6.72. The lowest BCUT2D eigenvalue weighted by molar-refractivity contribution is 0.312. The molecule has 0 saturated carbocycles. The Labute approximate surface area is 256 Å². The number of ether oxygens (including phenoxy) is 1. The lowest BCUT2D eigenvalue weighted by Gasteiger charge is -2.35. The molecular formula is C30H36N10O3S. The van der Waals surface area contributed by atoms with Crippen molar-refractivity contribution in [1.29, 1.82) is 0 Å². The minimum Gasteiger partial charge on any atom is -0.494 e. The Kier molecular flexibility index (Phi) is 7.86. The normalized spacial score (nSPS) is 14.2. The Morgan fingerprint density at radius 3 is 2.50 bits per heavy atom. The van der Waals surface area contributed by atoms with Gasteiger partial charge in [0.1, 0.15) is 22.5 Å². The summed E-state index contributed by atoms with van der Waals surface area (Å²) < 4.78 is 32.3. The minimum atomic E-state index is -3.62. The number of hydrogen-bond acceptors (Lipinski definition) is 11. The molecule has 14 heteroatoms. The number of anilines is 6. The van der Waals surface area contributed by atoms with Gasteiger partial charge in [-0.2, -0.15) is 4.98 Å². The van der Waals surface area contributed by atoms with E-state index in [9.17, 15) is 8.42 Å². The molecule has 1 saturated heterocycles. The molecule has 5 aromatic rings. The van der Waals surface area contributed by atoms with Gasteiger partial charge in [-0.05, 0) is 43.3 Å². The summed E-state index contributed by atoms with van der Waals surface area (Å²) in [4.78, 5) is 26.3. The van der Waals surface area contributed by atoms with Crippen LogP contribution in [0, 0.1) is 0 Å². The third kappa shape index (κ3) is 5.65. The van der Waals surface area contributed by atoms with Crippen LogP contribution in [0.3, 0.4) is 0 Å². The minimum absolute atomic E-state index is 0.353. The smallest absolute Gasteiger partial charge is 0.232 e. The van der Waals surface area contributed by atoms with E-state index in [0.717, 1.165) is 44.5 Å². The Morgan fingerprint density at radius 2 is 1.77 bits per heavy atom. The predicted molar refractivity (Wildman–Crippen MR) is 175 cm³/mol. The molecule has 6 rings (SSSR count). The van der Waals surface area contributed by atoms with E-state index >= 15 is 0 Å². The van der Waals surface area contributed by atoms with Crippen molar-refractivity contribution in [3.8, 4) is 5.75 Å². The van der Waals surface area contributed by atoms with E-state index < -0.39 is 10.0 Å². The van der Waals surface area contributed by atoms with E-state index in [1.54, 1.807) is 31.6 Å². The number of aryl methyl sites for hydroxylation is 1. The molecular weight excluding hydrogens is 580 g/mol. The number of hydrogen-bond donors (Lipinski definition) is 3. The molecule has 3 N–H and O–H groups in total. The van der Waals surface area contributed by atoms with Crippen LogP contribution >= 0.6 is 0 Å². The van der Waals surface area contributed by atoms with E-state index in [0.29, 0.717) is 51.0 Å². The zero-order valence-corrected chi connectivity index (χ0v) is 26.2. The molecule has 13 nitrogen and oxygen atoms in total. The maximum Gasteiger partial charge on any atom is 0.232 e. The number of methoxy groups -OCH3 is 1. The molecule has 44 heavy (non-hydrogen) atoms. The Hall–Kier alpha value is -4.69. The van der Waals surface area contributed by atoms with Gasteiger partial charge in [0.25, 0.3) is 0 Å². The van der Waals surface area contributed by atoms with Crippen LogP contribution in [0.5, 0.6) is 5.75 Å². The van der Waals surface area contributed by atoms with Crippen molar-refractivity contribution in [3.63, 3.8) is 0 Å². The number of fused-ring (bicyclic) bond motifs is 2.